The van der Waals surface area contributed by atoms with Crippen LogP contribution in [0.25, 0.3) is 11.0 Å². The summed E-state index contributed by atoms with van der Waals surface area (Å²) in [5.41, 5.74) is 4.47. The number of aryl methyl sites for hydroxylation is 1. The first-order chi connectivity index (χ1) is 12.5. The van der Waals surface area contributed by atoms with E-state index in [2.05, 4.69) is 22.4 Å². The van der Waals surface area contributed by atoms with Crippen LogP contribution in [-0.4, -0.2) is 15.5 Å². The van der Waals surface area contributed by atoms with Gasteiger partial charge in [-0.15, -0.1) is 0 Å². The van der Waals surface area contributed by atoms with Gasteiger partial charge >= 0.3 is 5.69 Å². The molecule has 26 heavy (non-hydrogen) atoms. The Morgan fingerprint density at radius 2 is 2.04 bits per heavy atom. The average molecular weight is 349 g/mol. The van der Waals surface area contributed by atoms with Crippen LogP contribution in [0.5, 0.6) is 0 Å². The van der Waals surface area contributed by atoms with Crippen LogP contribution in [-0.2, 0) is 6.42 Å². The van der Waals surface area contributed by atoms with E-state index in [0.717, 1.165) is 24.8 Å². The fraction of sp³-hybridized carbons (Fsp3) is 0.333. The smallest absolute Gasteiger partial charge is 0.326 e. The number of carbonyl (C=O) groups excluding carboxylic acids is 1. The van der Waals surface area contributed by atoms with Crippen LogP contribution in [0.15, 0.2) is 47.3 Å². The maximum atomic E-state index is 12.8. The van der Waals surface area contributed by atoms with Crippen molar-refractivity contribution in [1.82, 2.24) is 14.9 Å². The summed E-state index contributed by atoms with van der Waals surface area (Å²) in [6.07, 6.45) is 3.09. The van der Waals surface area contributed by atoms with Crippen LogP contribution < -0.4 is 11.0 Å². The standard InChI is InChI=1S/C21H23N3O2/c1-13(2)24-19-11-10-15(12-18(19)23-21(24)26)20(25)22-17-9-5-7-14-6-3-4-8-16(14)17/h3-4,6,8,10-13,17H,5,7,9H2,1-2H3,(H,22,25)(H,23,26). The number of nitrogens with zero attached hydrogens (tertiary/aromatic N) is 1. The molecule has 1 aliphatic carbocycles. The van der Waals surface area contributed by atoms with Crippen LogP contribution in [0.4, 0.5) is 0 Å². The molecule has 1 aromatic heterocycles. The summed E-state index contributed by atoms with van der Waals surface area (Å²) in [4.78, 5) is 27.8. The van der Waals surface area contributed by atoms with Crippen molar-refractivity contribution in [2.75, 3.05) is 0 Å². The van der Waals surface area contributed by atoms with Gasteiger partial charge in [0.15, 0.2) is 0 Å². The lowest BCUT2D eigenvalue weighted by Crippen LogP contribution is -2.30. The highest BCUT2D eigenvalue weighted by Crippen LogP contribution is 2.29. The molecule has 1 unspecified atom stereocenters. The van der Waals surface area contributed by atoms with E-state index >= 15 is 0 Å². The van der Waals surface area contributed by atoms with Gasteiger partial charge in [0.1, 0.15) is 0 Å². The van der Waals surface area contributed by atoms with Crippen LogP contribution in [0.1, 0.15) is 60.3 Å². The summed E-state index contributed by atoms with van der Waals surface area (Å²) < 4.78 is 1.70. The SMILES string of the molecule is CC(C)n1c(=O)[nH]c2cc(C(=O)NC3CCCc4ccccc43)ccc21. The number of fused-ring (bicyclic) bond motifs is 2. The number of benzene rings is 2. The minimum absolute atomic E-state index is 0.0439. The number of carbonyl (C=O) groups is 1. The number of hydrogen-bond donors (Lipinski definition) is 2. The topological polar surface area (TPSA) is 66.9 Å². The van der Waals surface area contributed by atoms with Crippen molar-refractivity contribution >= 4 is 16.9 Å². The van der Waals surface area contributed by atoms with Gasteiger partial charge in [-0.2, -0.15) is 0 Å². The third kappa shape index (κ3) is 2.83. The molecule has 5 nitrogen and oxygen atoms in total. The highest BCUT2D eigenvalue weighted by atomic mass is 16.2. The lowest BCUT2D eigenvalue weighted by molar-refractivity contribution is 0.0933. The van der Waals surface area contributed by atoms with Crippen molar-refractivity contribution in [2.24, 2.45) is 0 Å². The van der Waals surface area contributed by atoms with Crippen LogP contribution in [0.2, 0.25) is 0 Å². The number of amides is 1. The van der Waals surface area contributed by atoms with E-state index in [4.69, 9.17) is 0 Å². The van der Waals surface area contributed by atoms with E-state index in [1.165, 1.54) is 11.1 Å². The fourth-order valence-corrected chi connectivity index (χ4v) is 3.93. The Kier molecular flexibility index (Phi) is 4.15. The van der Waals surface area contributed by atoms with Crippen LogP contribution in [0.3, 0.4) is 0 Å². The number of rotatable bonds is 3. The quantitative estimate of drug-likeness (QED) is 0.757. The summed E-state index contributed by atoms with van der Waals surface area (Å²) in [6.45, 7) is 3.94. The first-order valence-electron chi connectivity index (χ1n) is 9.17. The first-order valence-corrected chi connectivity index (χ1v) is 9.17. The molecule has 1 amide bonds. The van der Waals surface area contributed by atoms with Gasteiger partial charge in [0.2, 0.25) is 0 Å². The highest BCUT2D eigenvalue weighted by molar-refractivity contribution is 5.97. The number of nitrogens with one attached hydrogen (secondary N) is 2. The minimum atomic E-state index is -0.145. The zero-order valence-corrected chi connectivity index (χ0v) is 15.1. The molecule has 134 valence electrons. The van der Waals surface area contributed by atoms with Crippen LogP contribution >= 0.6 is 0 Å². The van der Waals surface area contributed by atoms with E-state index in [1.54, 1.807) is 16.7 Å². The zero-order chi connectivity index (χ0) is 18.3. The number of imidazole rings is 1. The van der Waals surface area contributed by atoms with Gasteiger partial charge < -0.3 is 10.3 Å². The molecule has 2 N–H and O–H groups in total. The van der Waals surface area contributed by atoms with Gasteiger partial charge in [-0.05, 0) is 62.4 Å². The van der Waals surface area contributed by atoms with Gasteiger partial charge in [-0.25, -0.2) is 4.79 Å². The Hall–Kier alpha value is -2.82. The Balaban J connectivity index is 1.62. The summed E-state index contributed by atoms with van der Waals surface area (Å²) in [6, 6.07) is 13.8. The maximum absolute atomic E-state index is 12.8. The molecule has 0 bridgehead atoms. The van der Waals surface area contributed by atoms with Crippen molar-refractivity contribution in [1.29, 1.82) is 0 Å². The Bertz CT molecular complexity index is 1030. The van der Waals surface area contributed by atoms with E-state index in [0.29, 0.717) is 11.1 Å². The normalized spacial score (nSPS) is 16.7. The summed E-state index contributed by atoms with van der Waals surface area (Å²) in [5.74, 6) is -0.105. The van der Waals surface area contributed by atoms with Gasteiger partial charge in [0.05, 0.1) is 17.1 Å². The van der Waals surface area contributed by atoms with Gasteiger partial charge in [-0.3, -0.25) is 9.36 Å². The third-order valence-corrected chi connectivity index (χ3v) is 5.17. The van der Waals surface area contributed by atoms with Gasteiger partial charge in [0.25, 0.3) is 5.91 Å². The van der Waals surface area contributed by atoms with Crippen molar-refractivity contribution in [3.63, 3.8) is 0 Å². The molecule has 0 radical (unpaired) electrons. The maximum Gasteiger partial charge on any atom is 0.326 e. The van der Waals surface area contributed by atoms with Crippen molar-refractivity contribution in [2.45, 2.75) is 45.2 Å². The predicted octanol–water partition coefficient (Wildman–Crippen LogP) is 3.72. The Morgan fingerprint density at radius 1 is 1.23 bits per heavy atom. The molecule has 5 heteroatoms. The second-order valence-electron chi connectivity index (χ2n) is 7.24. The van der Waals surface area contributed by atoms with Crippen molar-refractivity contribution < 1.29 is 4.79 Å². The monoisotopic (exact) mass is 349 g/mol. The Morgan fingerprint density at radius 3 is 2.85 bits per heavy atom. The predicted molar refractivity (Wildman–Crippen MR) is 103 cm³/mol. The first kappa shape index (κ1) is 16.6. The highest BCUT2D eigenvalue weighted by Gasteiger charge is 2.22. The molecule has 1 atom stereocenters. The minimum Gasteiger partial charge on any atom is -0.345 e. The van der Waals surface area contributed by atoms with E-state index < -0.39 is 0 Å². The molecule has 4 rings (SSSR count). The lowest BCUT2D eigenvalue weighted by Gasteiger charge is -2.26. The molecule has 2 aromatic carbocycles. The molecular weight excluding hydrogens is 326 g/mol. The molecular formula is C21H23N3O2. The molecule has 0 saturated heterocycles. The molecule has 1 aliphatic rings. The van der Waals surface area contributed by atoms with E-state index in [-0.39, 0.29) is 23.7 Å². The van der Waals surface area contributed by atoms with E-state index in [9.17, 15) is 9.59 Å². The number of aromatic amines is 1. The summed E-state index contributed by atoms with van der Waals surface area (Å²) in [5, 5.41) is 3.16. The molecule has 1 heterocycles. The number of hydrogen-bond acceptors (Lipinski definition) is 2. The van der Waals surface area contributed by atoms with Crippen LogP contribution in [0, 0.1) is 0 Å². The molecule has 3 aromatic rings. The fourth-order valence-electron chi connectivity index (χ4n) is 3.93. The molecule has 0 fully saturated rings. The number of H-pyrrole nitrogens is 1. The molecule has 0 aliphatic heterocycles. The summed E-state index contributed by atoms with van der Waals surface area (Å²) >= 11 is 0. The average Bonchev–Trinajstić information content (AvgIpc) is 2.97. The van der Waals surface area contributed by atoms with Crippen molar-refractivity contribution in [3.05, 3.63) is 69.6 Å². The Labute approximate surface area is 152 Å². The number of aromatic nitrogens is 2. The van der Waals surface area contributed by atoms with Gasteiger partial charge in [-0.1, -0.05) is 24.3 Å². The second-order valence-corrected chi connectivity index (χ2v) is 7.24. The van der Waals surface area contributed by atoms with Gasteiger partial charge in [0, 0.05) is 11.6 Å². The lowest BCUT2D eigenvalue weighted by atomic mass is 9.87. The molecule has 0 saturated carbocycles. The molecule has 0 spiro atoms. The van der Waals surface area contributed by atoms with Crippen molar-refractivity contribution in [3.8, 4) is 0 Å². The largest absolute Gasteiger partial charge is 0.345 e. The summed E-state index contributed by atoms with van der Waals surface area (Å²) in [7, 11) is 0. The third-order valence-electron chi connectivity index (χ3n) is 5.17. The second kappa shape index (κ2) is 6.48. The zero-order valence-electron chi connectivity index (χ0n) is 15.1. The van der Waals surface area contributed by atoms with E-state index in [1.807, 2.05) is 32.0 Å².